The first-order chi connectivity index (χ1) is 11.3. The Bertz CT molecular complexity index is 609. The third kappa shape index (κ3) is 2.22. The van der Waals surface area contributed by atoms with E-state index in [9.17, 15) is 14.7 Å². The van der Waals surface area contributed by atoms with Gasteiger partial charge in [0.2, 0.25) is 0 Å². The highest BCUT2D eigenvalue weighted by atomic mass is 16.5. The van der Waals surface area contributed by atoms with Crippen LogP contribution in [0.15, 0.2) is 11.6 Å². The van der Waals surface area contributed by atoms with Gasteiger partial charge in [-0.1, -0.05) is 6.92 Å². The third-order valence-electron chi connectivity index (χ3n) is 7.66. The summed E-state index contributed by atoms with van der Waals surface area (Å²) in [6, 6.07) is 0. The van der Waals surface area contributed by atoms with Crippen LogP contribution in [-0.2, 0) is 14.3 Å². The lowest BCUT2D eigenvalue weighted by atomic mass is 9.50. The normalized spacial score (nSPS) is 47.3. The fourth-order valence-corrected chi connectivity index (χ4v) is 6.53. The molecular weight excluding hydrogens is 304 g/mol. The predicted molar refractivity (Wildman–Crippen MR) is 89.1 cm³/mol. The monoisotopic (exact) mass is 332 g/mol. The largest absolute Gasteiger partial charge is 0.462 e. The second-order valence-corrected chi connectivity index (χ2v) is 8.70. The molecule has 0 aromatic carbocycles. The van der Waals surface area contributed by atoms with E-state index in [2.05, 4.69) is 6.92 Å². The molecule has 4 rings (SSSR count). The number of ketones is 1. The number of rotatable bonds is 1. The van der Waals surface area contributed by atoms with Crippen molar-refractivity contribution in [2.75, 3.05) is 0 Å². The number of fused-ring (bicyclic) bond motifs is 5. The van der Waals surface area contributed by atoms with Crippen molar-refractivity contribution in [2.24, 2.45) is 23.2 Å². The topological polar surface area (TPSA) is 63.6 Å². The van der Waals surface area contributed by atoms with E-state index < -0.39 is 5.60 Å². The van der Waals surface area contributed by atoms with Crippen molar-refractivity contribution < 1.29 is 19.4 Å². The smallest absolute Gasteiger partial charge is 0.302 e. The lowest BCUT2D eigenvalue weighted by Crippen LogP contribution is -2.55. The predicted octanol–water partition coefficient (Wildman–Crippen LogP) is 3.17. The van der Waals surface area contributed by atoms with E-state index in [-0.39, 0.29) is 29.2 Å². The SMILES string of the molecule is CC(=O)O[C@H]1CC[C@H]2[C@@H]3CCC4=CC(=O)CC[C@]4(O)[C@H]3CC[C@]12C. The minimum absolute atomic E-state index is 0.0282. The maximum atomic E-state index is 11.8. The number of hydrogen-bond acceptors (Lipinski definition) is 4. The van der Waals surface area contributed by atoms with Crippen molar-refractivity contribution >= 4 is 11.8 Å². The lowest BCUT2D eigenvalue weighted by Gasteiger charge is -2.56. The van der Waals surface area contributed by atoms with Gasteiger partial charge in [0.1, 0.15) is 6.10 Å². The van der Waals surface area contributed by atoms with E-state index in [1.807, 2.05) is 0 Å². The zero-order chi connectivity index (χ0) is 17.1. The van der Waals surface area contributed by atoms with Crippen molar-refractivity contribution in [3.8, 4) is 0 Å². The van der Waals surface area contributed by atoms with Crippen molar-refractivity contribution in [1.82, 2.24) is 0 Å². The van der Waals surface area contributed by atoms with Crippen LogP contribution in [0.2, 0.25) is 0 Å². The van der Waals surface area contributed by atoms with Gasteiger partial charge in [0.25, 0.3) is 0 Å². The van der Waals surface area contributed by atoms with Gasteiger partial charge in [0.15, 0.2) is 5.78 Å². The number of esters is 1. The van der Waals surface area contributed by atoms with Crippen molar-refractivity contribution in [1.29, 1.82) is 0 Å². The summed E-state index contributed by atoms with van der Waals surface area (Å²) in [7, 11) is 0. The van der Waals surface area contributed by atoms with Gasteiger partial charge in [-0.2, -0.15) is 0 Å². The molecule has 3 fully saturated rings. The number of carbonyl (C=O) groups excluding carboxylic acids is 2. The van der Waals surface area contributed by atoms with E-state index in [1.165, 1.54) is 6.92 Å². The minimum Gasteiger partial charge on any atom is -0.462 e. The molecule has 24 heavy (non-hydrogen) atoms. The Kier molecular flexibility index (Phi) is 3.68. The summed E-state index contributed by atoms with van der Waals surface area (Å²) in [5.74, 6) is 1.26. The Morgan fingerprint density at radius 3 is 2.71 bits per heavy atom. The van der Waals surface area contributed by atoms with E-state index in [1.54, 1.807) is 6.08 Å². The first-order valence-corrected chi connectivity index (χ1v) is 9.48. The molecule has 0 unspecified atom stereocenters. The Balaban J connectivity index is 1.62. The summed E-state index contributed by atoms with van der Waals surface area (Å²) < 4.78 is 5.65. The molecule has 4 nitrogen and oxygen atoms in total. The second-order valence-electron chi connectivity index (χ2n) is 8.70. The summed E-state index contributed by atoms with van der Waals surface area (Å²) in [4.78, 5) is 23.2. The molecule has 0 heterocycles. The molecule has 0 bridgehead atoms. The maximum Gasteiger partial charge on any atom is 0.302 e. The van der Waals surface area contributed by atoms with E-state index in [0.29, 0.717) is 24.7 Å². The van der Waals surface area contributed by atoms with Crippen molar-refractivity contribution in [3.63, 3.8) is 0 Å². The maximum absolute atomic E-state index is 11.8. The lowest BCUT2D eigenvalue weighted by molar-refractivity contribution is -0.160. The van der Waals surface area contributed by atoms with Crippen molar-refractivity contribution in [2.45, 2.75) is 76.9 Å². The summed E-state index contributed by atoms with van der Waals surface area (Å²) in [5, 5.41) is 11.4. The molecule has 132 valence electrons. The van der Waals surface area contributed by atoms with Crippen LogP contribution in [-0.4, -0.2) is 28.6 Å². The fraction of sp³-hybridized carbons (Fsp3) is 0.800. The van der Waals surface area contributed by atoms with Gasteiger partial charge in [0, 0.05) is 18.8 Å². The van der Waals surface area contributed by atoms with Gasteiger partial charge < -0.3 is 9.84 Å². The third-order valence-corrected chi connectivity index (χ3v) is 7.66. The first-order valence-electron chi connectivity index (χ1n) is 9.48. The Morgan fingerprint density at radius 2 is 1.96 bits per heavy atom. The molecule has 6 atom stereocenters. The van der Waals surface area contributed by atoms with Crippen LogP contribution in [0.1, 0.15) is 65.2 Å². The molecule has 1 N–H and O–H groups in total. The zero-order valence-electron chi connectivity index (χ0n) is 14.7. The fourth-order valence-electron chi connectivity index (χ4n) is 6.53. The summed E-state index contributed by atoms with van der Waals surface area (Å²) in [6.07, 6.45) is 8.72. The van der Waals surface area contributed by atoms with Gasteiger partial charge >= 0.3 is 5.97 Å². The average molecular weight is 332 g/mol. The molecule has 0 aromatic rings. The Labute approximate surface area is 143 Å². The van der Waals surface area contributed by atoms with Gasteiger partial charge in [-0.3, -0.25) is 9.59 Å². The van der Waals surface area contributed by atoms with E-state index in [4.69, 9.17) is 4.74 Å². The molecule has 0 aliphatic heterocycles. The van der Waals surface area contributed by atoms with Gasteiger partial charge in [-0.15, -0.1) is 0 Å². The van der Waals surface area contributed by atoms with Crippen LogP contribution in [0.5, 0.6) is 0 Å². The highest BCUT2D eigenvalue weighted by molar-refractivity contribution is 5.92. The Morgan fingerprint density at radius 1 is 1.17 bits per heavy atom. The van der Waals surface area contributed by atoms with Crippen molar-refractivity contribution in [3.05, 3.63) is 11.6 Å². The van der Waals surface area contributed by atoms with Crippen LogP contribution >= 0.6 is 0 Å². The van der Waals surface area contributed by atoms with Crippen LogP contribution in [0, 0.1) is 23.2 Å². The molecule has 4 heteroatoms. The zero-order valence-corrected chi connectivity index (χ0v) is 14.7. The Hall–Kier alpha value is -1.16. The first kappa shape index (κ1) is 16.3. The minimum atomic E-state index is -0.766. The highest BCUT2D eigenvalue weighted by Gasteiger charge is 2.60. The summed E-state index contributed by atoms with van der Waals surface area (Å²) >= 11 is 0. The molecule has 0 spiro atoms. The number of hydrogen-bond donors (Lipinski definition) is 1. The number of aliphatic hydroxyl groups is 1. The van der Waals surface area contributed by atoms with Crippen LogP contribution in [0.25, 0.3) is 0 Å². The van der Waals surface area contributed by atoms with E-state index >= 15 is 0 Å². The number of carbonyl (C=O) groups is 2. The quantitative estimate of drug-likeness (QED) is 0.749. The van der Waals surface area contributed by atoms with E-state index in [0.717, 1.165) is 44.1 Å². The van der Waals surface area contributed by atoms with Crippen LogP contribution in [0.3, 0.4) is 0 Å². The van der Waals surface area contributed by atoms with Crippen LogP contribution in [0.4, 0.5) is 0 Å². The summed E-state index contributed by atoms with van der Waals surface area (Å²) in [6.45, 7) is 3.79. The van der Waals surface area contributed by atoms with Crippen LogP contribution < -0.4 is 0 Å². The molecular formula is C20H28O4. The standard InChI is InChI=1S/C20H28O4/c1-12(21)24-18-6-5-16-15-4-3-13-11-14(22)7-10-20(13,23)17(15)8-9-19(16,18)2/h11,15-18,23H,3-10H2,1-2H3/t15-,16-,17-,18-,19-,20+/m0/s1. The highest BCUT2D eigenvalue weighted by Crippen LogP contribution is 2.63. The van der Waals surface area contributed by atoms with Gasteiger partial charge in [-0.25, -0.2) is 0 Å². The molecule has 4 aliphatic rings. The van der Waals surface area contributed by atoms with Gasteiger partial charge in [-0.05, 0) is 74.3 Å². The molecule has 0 radical (unpaired) electrons. The second kappa shape index (κ2) is 5.42. The molecule has 4 aliphatic carbocycles. The molecule has 0 aromatic heterocycles. The number of ether oxygens (including phenoxy) is 1. The van der Waals surface area contributed by atoms with Gasteiger partial charge in [0.05, 0.1) is 5.60 Å². The average Bonchev–Trinajstić information content (AvgIpc) is 2.84. The molecule has 0 saturated heterocycles. The summed E-state index contributed by atoms with van der Waals surface area (Å²) in [5.41, 5.74) is 0.269. The molecule has 0 amide bonds. The molecule has 3 saturated carbocycles.